The van der Waals surface area contributed by atoms with E-state index in [2.05, 4.69) is 15.4 Å². The van der Waals surface area contributed by atoms with E-state index >= 15 is 0 Å². The van der Waals surface area contributed by atoms with Crippen LogP contribution in [0.2, 0.25) is 0 Å². The number of carbonyl (C=O) groups excluding carboxylic acids is 2. The molecule has 7 nitrogen and oxygen atoms in total. The number of ether oxygens (including phenoxy) is 1. The van der Waals surface area contributed by atoms with Crippen LogP contribution in [0.5, 0.6) is 0 Å². The number of nitrogens with zero attached hydrogens (tertiary/aromatic N) is 3. The fraction of sp³-hybridized carbons (Fsp3) is 0.250. The highest BCUT2D eigenvalue weighted by Gasteiger charge is 2.23. The maximum absolute atomic E-state index is 12.6. The van der Waals surface area contributed by atoms with Gasteiger partial charge in [0.2, 0.25) is 0 Å². The monoisotopic (exact) mass is 344 g/mol. The second-order valence-corrected chi connectivity index (χ2v) is 5.87. The molecule has 0 aliphatic rings. The maximum atomic E-state index is 12.6. The van der Waals surface area contributed by atoms with Crippen LogP contribution in [0.3, 0.4) is 0 Å². The van der Waals surface area contributed by atoms with Crippen molar-refractivity contribution >= 4 is 39.1 Å². The zero-order chi connectivity index (χ0) is 17.1. The minimum absolute atomic E-state index is 0.260. The molecule has 24 heavy (non-hydrogen) atoms. The van der Waals surface area contributed by atoms with Gasteiger partial charge in [-0.1, -0.05) is 0 Å². The van der Waals surface area contributed by atoms with Gasteiger partial charge in [-0.2, -0.15) is 5.10 Å². The molecule has 3 aromatic rings. The number of amides is 1. The highest BCUT2D eigenvalue weighted by molar-refractivity contribution is 7.21. The summed E-state index contributed by atoms with van der Waals surface area (Å²) in [6.07, 6.45) is 3.21. The van der Waals surface area contributed by atoms with E-state index in [0.29, 0.717) is 33.0 Å². The molecule has 0 aliphatic heterocycles. The van der Waals surface area contributed by atoms with Crippen LogP contribution in [0, 0.1) is 0 Å². The lowest BCUT2D eigenvalue weighted by Gasteiger charge is -2.08. The lowest BCUT2D eigenvalue weighted by atomic mass is 10.2. The topological polar surface area (TPSA) is 86.1 Å². The van der Waals surface area contributed by atoms with Crippen molar-refractivity contribution in [3.05, 3.63) is 41.2 Å². The molecule has 0 bridgehead atoms. The average molecular weight is 344 g/mol. The van der Waals surface area contributed by atoms with Crippen LogP contribution in [-0.2, 0) is 11.3 Å². The molecule has 124 valence electrons. The zero-order valence-corrected chi connectivity index (χ0v) is 14.1. The van der Waals surface area contributed by atoms with Crippen molar-refractivity contribution in [3.8, 4) is 0 Å². The van der Waals surface area contributed by atoms with Gasteiger partial charge in [0, 0.05) is 24.3 Å². The number of carbonyl (C=O) groups is 2. The van der Waals surface area contributed by atoms with Gasteiger partial charge in [-0.15, -0.1) is 11.3 Å². The number of esters is 1. The van der Waals surface area contributed by atoms with Gasteiger partial charge in [0.15, 0.2) is 0 Å². The van der Waals surface area contributed by atoms with E-state index in [-0.39, 0.29) is 12.5 Å². The zero-order valence-electron chi connectivity index (χ0n) is 13.3. The predicted octanol–water partition coefficient (Wildman–Crippen LogP) is 2.94. The number of hydrogen-bond acceptors (Lipinski definition) is 6. The number of thiophene rings is 1. The molecule has 0 saturated carbocycles. The summed E-state index contributed by atoms with van der Waals surface area (Å²) in [4.78, 5) is 30.1. The first kappa shape index (κ1) is 16.1. The van der Waals surface area contributed by atoms with E-state index in [4.69, 9.17) is 4.74 Å². The van der Waals surface area contributed by atoms with Crippen molar-refractivity contribution in [3.63, 3.8) is 0 Å². The van der Waals surface area contributed by atoms with Gasteiger partial charge in [-0.05, 0) is 32.0 Å². The van der Waals surface area contributed by atoms with E-state index in [1.807, 2.05) is 13.0 Å². The number of pyridine rings is 1. The molecular formula is C16H16N4O3S. The Morgan fingerprint density at radius 1 is 1.29 bits per heavy atom. The van der Waals surface area contributed by atoms with E-state index in [9.17, 15) is 9.59 Å². The average Bonchev–Trinajstić information content (AvgIpc) is 3.20. The summed E-state index contributed by atoms with van der Waals surface area (Å²) in [6.45, 7) is 4.47. The number of hydrogen-bond donors (Lipinski definition) is 1. The summed E-state index contributed by atoms with van der Waals surface area (Å²) in [6, 6.07) is 5.21. The molecule has 1 amide bonds. The third-order valence-electron chi connectivity index (χ3n) is 3.41. The first-order valence-electron chi connectivity index (χ1n) is 7.53. The molecule has 8 heteroatoms. The van der Waals surface area contributed by atoms with Crippen molar-refractivity contribution in [2.45, 2.75) is 20.4 Å². The van der Waals surface area contributed by atoms with E-state index in [1.54, 1.807) is 36.1 Å². The van der Waals surface area contributed by atoms with Crippen molar-refractivity contribution in [2.75, 3.05) is 11.9 Å². The minimum atomic E-state index is -0.472. The van der Waals surface area contributed by atoms with Crippen LogP contribution in [0.4, 0.5) is 5.69 Å². The summed E-state index contributed by atoms with van der Waals surface area (Å²) >= 11 is 1.20. The quantitative estimate of drug-likeness (QED) is 0.719. The SMILES string of the molecule is CCOC(=O)c1sc2ncccc2c1NC(=O)c1ccnn1CC. The predicted molar refractivity (Wildman–Crippen MR) is 91.4 cm³/mol. The Bertz CT molecular complexity index is 900. The Hall–Kier alpha value is -2.74. The van der Waals surface area contributed by atoms with Crippen molar-refractivity contribution in [1.29, 1.82) is 0 Å². The minimum Gasteiger partial charge on any atom is -0.462 e. The van der Waals surface area contributed by atoms with Crippen LogP contribution in [0.1, 0.15) is 34.0 Å². The van der Waals surface area contributed by atoms with Gasteiger partial charge in [0.25, 0.3) is 5.91 Å². The Morgan fingerprint density at radius 3 is 2.88 bits per heavy atom. The molecule has 0 unspecified atom stereocenters. The third kappa shape index (κ3) is 2.88. The van der Waals surface area contributed by atoms with Crippen molar-refractivity contribution in [1.82, 2.24) is 14.8 Å². The molecular weight excluding hydrogens is 328 g/mol. The largest absolute Gasteiger partial charge is 0.462 e. The summed E-state index contributed by atoms with van der Waals surface area (Å²) in [5.41, 5.74) is 0.853. The highest BCUT2D eigenvalue weighted by atomic mass is 32.1. The highest BCUT2D eigenvalue weighted by Crippen LogP contribution is 2.35. The van der Waals surface area contributed by atoms with Crippen molar-refractivity contribution < 1.29 is 14.3 Å². The van der Waals surface area contributed by atoms with Gasteiger partial charge in [0.1, 0.15) is 15.4 Å². The Balaban J connectivity index is 2.02. The van der Waals surface area contributed by atoms with Gasteiger partial charge in [-0.25, -0.2) is 9.78 Å². The summed E-state index contributed by atoms with van der Waals surface area (Å²) < 4.78 is 6.68. The molecule has 0 radical (unpaired) electrons. The van der Waals surface area contributed by atoms with Crippen LogP contribution in [0.15, 0.2) is 30.6 Å². The van der Waals surface area contributed by atoms with E-state index in [0.717, 1.165) is 0 Å². The molecule has 0 atom stereocenters. The number of aromatic nitrogens is 3. The Kier molecular flexibility index (Phi) is 4.57. The molecule has 0 aromatic carbocycles. The molecule has 3 aromatic heterocycles. The van der Waals surface area contributed by atoms with E-state index in [1.165, 1.54) is 11.3 Å². The molecule has 3 rings (SSSR count). The number of nitrogens with one attached hydrogen (secondary N) is 1. The summed E-state index contributed by atoms with van der Waals surface area (Å²) in [7, 11) is 0. The van der Waals surface area contributed by atoms with Crippen LogP contribution in [0.25, 0.3) is 10.2 Å². The van der Waals surface area contributed by atoms with Gasteiger partial charge >= 0.3 is 5.97 Å². The van der Waals surface area contributed by atoms with Gasteiger partial charge in [-0.3, -0.25) is 9.48 Å². The molecule has 0 saturated heterocycles. The van der Waals surface area contributed by atoms with E-state index < -0.39 is 5.97 Å². The number of rotatable bonds is 5. The first-order chi connectivity index (χ1) is 11.7. The number of aryl methyl sites for hydroxylation is 1. The van der Waals surface area contributed by atoms with Crippen LogP contribution >= 0.6 is 11.3 Å². The number of fused-ring (bicyclic) bond motifs is 1. The number of anilines is 1. The molecule has 0 aliphatic carbocycles. The third-order valence-corrected chi connectivity index (χ3v) is 4.51. The van der Waals surface area contributed by atoms with Crippen LogP contribution in [-0.4, -0.2) is 33.2 Å². The fourth-order valence-electron chi connectivity index (χ4n) is 2.35. The standard InChI is InChI=1S/C16H16N4O3S/c1-3-20-11(7-9-18-20)14(21)19-12-10-6-5-8-17-15(10)24-13(12)16(22)23-4-2/h5-9H,3-4H2,1-2H3,(H,19,21). The van der Waals surface area contributed by atoms with Crippen LogP contribution < -0.4 is 5.32 Å². The Labute approximate surface area is 142 Å². The molecule has 0 spiro atoms. The second-order valence-electron chi connectivity index (χ2n) is 4.87. The fourth-order valence-corrected chi connectivity index (χ4v) is 3.34. The normalized spacial score (nSPS) is 10.8. The lowest BCUT2D eigenvalue weighted by Crippen LogP contribution is -2.18. The summed E-state index contributed by atoms with van der Waals surface area (Å²) in [5.74, 6) is -0.803. The van der Waals surface area contributed by atoms with Crippen molar-refractivity contribution in [2.24, 2.45) is 0 Å². The molecule has 1 N–H and O–H groups in total. The Morgan fingerprint density at radius 2 is 2.12 bits per heavy atom. The molecule has 0 fully saturated rings. The molecule has 3 heterocycles. The lowest BCUT2D eigenvalue weighted by molar-refractivity contribution is 0.0533. The van der Waals surface area contributed by atoms with Gasteiger partial charge < -0.3 is 10.1 Å². The first-order valence-corrected chi connectivity index (χ1v) is 8.35. The second kappa shape index (κ2) is 6.79. The smallest absolute Gasteiger partial charge is 0.350 e. The van der Waals surface area contributed by atoms with Gasteiger partial charge in [0.05, 0.1) is 12.3 Å². The summed E-state index contributed by atoms with van der Waals surface area (Å²) in [5, 5.41) is 7.62. The maximum Gasteiger partial charge on any atom is 0.350 e.